The summed E-state index contributed by atoms with van der Waals surface area (Å²) in [5.74, 6) is -0.0755. The topological polar surface area (TPSA) is 50.8 Å². The van der Waals surface area contributed by atoms with Gasteiger partial charge < -0.3 is 19.7 Å². The number of anilines is 2. The largest absolute Gasteiger partial charge is 0.378 e. The Labute approximate surface area is 164 Å². The number of carbonyl (C=O) groups is 1. The van der Waals surface area contributed by atoms with Gasteiger partial charge in [0.05, 0.1) is 43.7 Å². The van der Waals surface area contributed by atoms with Gasteiger partial charge in [-0.05, 0) is 35.7 Å². The number of rotatable bonds is 4. The van der Waals surface area contributed by atoms with Crippen molar-refractivity contribution in [2.75, 3.05) is 43.1 Å². The standard InChI is InChI=1S/C21H23ClN2O3/c22-16-5-6-19(24-8-11-26-12-9-24)18(13-16)23-21(25)14-20-17-4-2-1-3-15(17)7-10-27-20/h1-6,13,20H,7-12,14H2,(H,23,25). The maximum absolute atomic E-state index is 12.8. The Kier molecular flexibility index (Phi) is 5.62. The van der Waals surface area contributed by atoms with Gasteiger partial charge in [0.25, 0.3) is 0 Å². The lowest BCUT2D eigenvalue weighted by Crippen LogP contribution is -2.36. The van der Waals surface area contributed by atoms with Crippen molar-refractivity contribution in [1.82, 2.24) is 0 Å². The molecule has 0 saturated carbocycles. The Morgan fingerprint density at radius 2 is 1.96 bits per heavy atom. The first-order chi connectivity index (χ1) is 13.2. The van der Waals surface area contributed by atoms with Crippen molar-refractivity contribution < 1.29 is 14.3 Å². The zero-order valence-corrected chi connectivity index (χ0v) is 15.9. The zero-order valence-electron chi connectivity index (χ0n) is 15.1. The van der Waals surface area contributed by atoms with Crippen molar-refractivity contribution in [1.29, 1.82) is 0 Å². The molecule has 5 nitrogen and oxygen atoms in total. The third-order valence-corrected chi connectivity index (χ3v) is 5.28. The predicted octanol–water partition coefficient (Wildman–Crippen LogP) is 3.82. The summed E-state index contributed by atoms with van der Waals surface area (Å²) in [7, 11) is 0. The van der Waals surface area contributed by atoms with E-state index < -0.39 is 0 Å². The third-order valence-electron chi connectivity index (χ3n) is 5.05. The Balaban J connectivity index is 1.49. The number of hydrogen-bond acceptors (Lipinski definition) is 4. The van der Waals surface area contributed by atoms with Crippen molar-refractivity contribution in [3.05, 3.63) is 58.6 Å². The third kappa shape index (κ3) is 4.26. The molecule has 1 N–H and O–H groups in total. The van der Waals surface area contributed by atoms with E-state index in [4.69, 9.17) is 21.1 Å². The van der Waals surface area contributed by atoms with Gasteiger partial charge in [0.1, 0.15) is 0 Å². The van der Waals surface area contributed by atoms with Crippen LogP contribution in [0.15, 0.2) is 42.5 Å². The van der Waals surface area contributed by atoms with Crippen LogP contribution in [-0.2, 0) is 20.7 Å². The van der Waals surface area contributed by atoms with Gasteiger partial charge in [-0.2, -0.15) is 0 Å². The number of ether oxygens (including phenoxy) is 2. The normalized spacial score (nSPS) is 19.4. The average Bonchev–Trinajstić information content (AvgIpc) is 2.69. The number of morpholine rings is 1. The smallest absolute Gasteiger partial charge is 0.227 e. The minimum absolute atomic E-state index is 0.0755. The van der Waals surface area contributed by atoms with Gasteiger partial charge in [-0.15, -0.1) is 0 Å². The number of nitrogens with zero attached hydrogens (tertiary/aromatic N) is 1. The molecule has 1 amide bonds. The monoisotopic (exact) mass is 386 g/mol. The van der Waals surface area contributed by atoms with E-state index in [0.717, 1.165) is 36.4 Å². The molecule has 0 bridgehead atoms. The molecule has 6 heteroatoms. The molecule has 2 aliphatic rings. The second-order valence-corrected chi connectivity index (χ2v) is 7.26. The van der Waals surface area contributed by atoms with Crippen LogP contribution in [0.3, 0.4) is 0 Å². The molecule has 27 heavy (non-hydrogen) atoms. The van der Waals surface area contributed by atoms with Gasteiger partial charge in [-0.25, -0.2) is 0 Å². The summed E-state index contributed by atoms with van der Waals surface area (Å²) in [5, 5.41) is 3.64. The van der Waals surface area contributed by atoms with Crippen molar-refractivity contribution in [2.24, 2.45) is 0 Å². The summed E-state index contributed by atoms with van der Waals surface area (Å²) in [6.45, 7) is 3.60. The van der Waals surface area contributed by atoms with Crippen molar-refractivity contribution >= 4 is 28.9 Å². The molecule has 2 aliphatic heterocycles. The Morgan fingerprint density at radius 1 is 1.15 bits per heavy atom. The summed E-state index contributed by atoms with van der Waals surface area (Å²) in [5.41, 5.74) is 4.08. The molecule has 0 aliphatic carbocycles. The first kappa shape index (κ1) is 18.3. The summed E-state index contributed by atoms with van der Waals surface area (Å²) >= 11 is 6.18. The van der Waals surface area contributed by atoms with Gasteiger partial charge in [0, 0.05) is 18.1 Å². The summed E-state index contributed by atoms with van der Waals surface area (Å²) in [6.07, 6.45) is 0.969. The summed E-state index contributed by atoms with van der Waals surface area (Å²) in [6, 6.07) is 13.8. The van der Waals surface area contributed by atoms with Crippen LogP contribution in [0.1, 0.15) is 23.7 Å². The second-order valence-electron chi connectivity index (χ2n) is 6.82. The van der Waals surface area contributed by atoms with E-state index in [1.54, 1.807) is 6.07 Å². The van der Waals surface area contributed by atoms with Crippen LogP contribution in [0.5, 0.6) is 0 Å². The fraction of sp³-hybridized carbons (Fsp3) is 0.381. The van der Waals surface area contributed by atoms with Crippen molar-refractivity contribution in [3.8, 4) is 0 Å². The van der Waals surface area contributed by atoms with Crippen molar-refractivity contribution in [2.45, 2.75) is 18.9 Å². The first-order valence-electron chi connectivity index (χ1n) is 9.32. The lowest BCUT2D eigenvalue weighted by atomic mass is 9.95. The van der Waals surface area contributed by atoms with Crippen LogP contribution in [0.2, 0.25) is 5.02 Å². The van der Waals surface area contributed by atoms with E-state index >= 15 is 0 Å². The van der Waals surface area contributed by atoms with Gasteiger partial charge in [0.2, 0.25) is 5.91 Å². The quantitative estimate of drug-likeness (QED) is 0.867. The highest BCUT2D eigenvalue weighted by atomic mass is 35.5. The maximum Gasteiger partial charge on any atom is 0.227 e. The molecule has 1 atom stereocenters. The average molecular weight is 387 g/mol. The van der Waals surface area contributed by atoms with Crippen LogP contribution in [0, 0.1) is 0 Å². The summed E-state index contributed by atoms with van der Waals surface area (Å²) in [4.78, 5) is 15.0. The molecular formula is C21H23ClN2O3. The number of hydrogen-bond donors (Lipinski definition) is 1. The van der Waals surface area contributed by atoms with Crippen LogP contribution in [-0.4, -0.2) is 38.8 Å². The van der Waals surface area contributed by atoms with Crippen molar-refractivity contribution in [3.63, 3.8) is 0 Å². The Bertz CT molecular complexity index is 821. The fourth-order valence-electron chi connectivity index (χ4n) is 3.70. The van der Waals surface area contributed by atoms with Crippen LogP contribution >= 0.6 is 11.6 Å². The van der Waals surface area contributed by atoms with E-state index in [1.165, 1.54) is 5.56 Å². The van der Waals surface area contributed by atoms with Crippen LogP contribution in [0.4, 0.5) is 11.4 Å². The van der Waals surface area contributed by atoms with Gasteiger partial charge in [-0.1, -0.05) is 35.9 Å². The van der Waals surface area contributed by atoms with E-state index in [2.05, 4.69) is 16.3 Å². The highest BCUT2D eigenvalue weighted by molar-refractivity contribution is 6.31. The summed E-state index contributed by atoms with van der Waals surface area (Å²) < 4.78 is 11.3. The molecule has 0 aromatic heterocycles. The lowest BCUT2D eigenvalue weighted by Gasteiger charge is -2.31. The molecule has 2 aromatic carbocycles. The molecule has 2 aromatic rings. The van der Waals surface area contributed by atoms with E-state index in [9.17, 15) is 4.79 Å². The molecule has 0 spiro atoms. The molecule has 1 saturated heterocycles. The zero-order chi connectivity index (χ0) is 18.6. The maximum atomic E-state index is 12.8. The van der Waals surface area contributed by atoms with Gasteiger partial charge >= 0.3 is 0 Å². The molecule has 4 rings (SSSR count). The predicted molar refractivity (Wildman–Crippen MR) is 107 cm³/mol. The SMILES string of the molecule is O=C(CC1OCCc2ccccc21)Nc1cc(Cl)ccc1N1CCOCC1. The second kappa shape index (κ2) is 8.30. The fourth-order valence-corrected chi connectivity index (χ4v) is 3.88. The molecule has 2 heterocycles. The van der Waals surface area contributed by atoms with Gasteiger partial charge in [0.15, 0.2) is 0 Å². The van der Waals surface area contributed by atoms with Gasteiger partial charge in [-0.3, -0.25) is 4.79 Å². The molecular weight excluding hydrogens is 364 g/mol. The minimum atomic E-state index is -0.207. The van der Waals surface area contributed by atoms with Crippen LogP contribution < -0.4 is 10.2 Å². The first-order valence-corrected chi connectivity index (χ1v) is 9.70. The number of fused-ring (bicyclic) bond motifs is 1. The highest BCUT2D eigenvalue weighted by Crippen LogP contribution is 2.32. The van der Waals surface area contributed by atoms with Crippen LogP contribution in [0.25, 0.3) is 0 Å². The number of carbonyl (C=O) groups excluding carboxylic acids is 1. The van der Waals surface area contributed by atoms with E-state index in [-0.39, 0.29) is 18.4 Å². The van der Waals surface area contributed by atoms with E-state index in [1.807, 2.05) is 30.3 Å². The molecule has 1 unspecified atom stereocenters. The highest BCUT2D eigenvalue weighted by Gasteiger charge is 2.24. The number of benzene rings is 2. The van der Waals surface area contributed by atoms with E-state index in [0.29, 0.717) is 24.8 Å². The Hall–Kier alpha value is -2.08. The minimum Gasteiger partial charge on any atom is -0.378 e. The lowest BCUT2D eigenvalue weighted by molar-refractivity contribution is -0.119. The molecule has 0 radical (unpaired) electrons. The number of nitrogens with one attached hydrogen (secondary N) is 1. The number of amides is 1. The molecule has 142 valence electrons. The molecule has 1 fully saturated rings. The number of halogens is 1. The Morgan fingerprint density at radius 3 is 2.81 bits per heavy atom.